The Kier molecular flexibility index (Phi) is 10.7. The fourth-order valence-electron chi connectivity index (χ4n) is 7.92. The van der Waals surface area contributed by atoms with Gasteiger partial charge in [-0.3, -0.25) is 0 Å². The van der Waals surface area contributed by atoms with E-state index in [0.717, 1.165) is 41.4 Å². The van der Waals surface area contributed by atoms with Crippen molar-refractivity contribution in [3.63, 3.8) is 0 Å². The molecule has 1 rings (SSSR count). The van der Waals surface area contributed by atoms with Crippen LogP contribution in [0.2, 0.25) is 0 Å². The molecule has 8 atom stereocenters. The second-order valence-corrected chi connectivity index (χ2v) is 13.3. The molecule has 0 spiro atoms. The summed E-state index contributed by atoms with van der Waals surface area (Å²) in [6, 6.07) is 0. The van der Waals surface area contributed by atoms with Gasteiger partial charge in [0.25, 0.3) is 0 Å². The molecule has 0 aromatic carbocycles. The summed E-state index contributed by atoms with van der Waals surface area (Å²) in [5.74, 6) is 6.08. The van der Waals surface area contributed by atoms with Gasteiger partial charge < -0.3 is 0 Å². The minimum absolute atomic E-state index is 0.423. The van der Waals surface area contributed by atoms with E-state index in [9.17, 15) is 0 Å². The lowest BCUT2D eigenvalue weighted by atomic mass is 9.34. The molecular formula is C31H62. The van der Waals surface area contributed by atoms with Crippen LogP contribution in [0.3, 0.4) is 0 Å². The van der Waals surface area contributed by atoms with Gasteiger partial charge in [-0.2, -0.15) is 0 Å². The first kappa shape index (κ1) is 29.0. The molecule has 0 aliphatic heterocycles. The highest BCUT2D eigenvalue weighted by atomic mass is 14.7. The van der Waals surface area contributed by atoms with E-state index in [2.05, 4.69) is 90.0 Å². The van der Waals surface area contributed by atoms with E-state index in [0.29, 0.717) is 16.2 Å². The summed E-state index contributed by atoms with van der Waals surface area (Å²) in [6.07, 6.45) is 11.0. The van der Waals surface area contributed by atoms with Crippen LogP contribution in [-0.4, -0.2) is 0 Å². The Morgan fingerprint density at radius 1 is 0.710 bits per heavy atom. The van der Waals surface area contributed by atoms with Crippen molar-refractivity contribution in [2.45, 2.75) is 141 Å². The third-order valence-electron chi connectivity index (χ3n) is 11.5. The fourth-order valence-corrected chi connectivity index (χ4v) is 7.92. The van der Waals surface area contributed by atoms with Gasteiger partial charge in [0.1, 0.15) is 0 Å². The predicted octanol–water partition coefficient (Wildman–Crippen LogP) is 10.7. The van der Waals surface area contributed by atoms with Crippen molar-refractivity contribution in [3.05, 3.63) is 0 Å². The van der Waals surface area contributed by atoms with Gasteiger partial charge in [0.15, 0.2) is 0 Å². The van der Waals surface area contributed by atoms with Crippen molar-refractivity contribution in [2.75, 3.05) is 0 Å². The monoisotopic (exact) mass is 434 g/mol. The van der Waals surface area contributed by atoms with E-state index >= 15 is 0 Å². The van der Waals surface area contributed by atoms with Crippen LogP contribution in [0.4, 0.5) is 0 Å². The maximum absolute atomic E-state index is 2.64. The van der Waals surface area contributed by atoms with Gasteiger partial charge in [-0.05, 0) is 83.4 Å². The van der Waals surface area contributed by atoms with Gasteiger partial charge in [-0.25, -0.2) is 0 Å². The highest BCUT2D eigenvalue weighted by Crippen LogP contribution is 2.72. The first-order valence-electron chi connectivity index (χ1n) is 14.3. The van der Waals surface area contributed by atoms with Gasteiger partial charge >= 0.3 is 0 Å². The molecule has 0 heterocycles. The first-order valence-corrected chi connectivity index (χ1v) is 14.3. The molecule has 0 amide bonds. The average Bonchev–Trinajstić information content (AvgIpc) is 2.72. The second kappa shape index (κ2) is 11.4. The van der Waals surface area contributed by atoms with E-state index in [1.54, 1.807) is 0 Å². The molecule has 1 saturated carbocycles. The van der Waals surface area contributed by atoms with E-state index < -0.39 is 0 Å². The molecule has 186 valence electrons. The highest BCUT2D eigenvalue weighted by Gasteiger charge is 2.65. The minimum Gasteiger partial charge on any atom is -0.0651 e. The molecule has 1 fully saturated rings. The quantitative estimate of drug-likeness (QED) is 0.255. The van der Waals surface area contributed by atoms with Crippen molar-refractivity contribution in [2.24, 2.45) is 57.7 Å². The molecular weight excluding hydrogens is 372 g/mol. The standard InChI is InChI=1S/C31H62/c1-14-22(6)21-28-26(20-23(7)19-25(9)29(10,11)17-4)27(16-3)31(28,18-5)30(12,13)24(8)15-2/h22-28H,14-21H2,1-13H3. The van der Waals surface area contributed by atoms with E-state index in [1.165, 1.54) is 51.4 Å². The predicted molar refractivity (Wildman–Crippen MR) is 142 cm³/mol. The number of rotatable bonds is 14. The molecule has 31 heavy (non-hydrogen) atoms. The summed E-state index contributed by atoms with van der Waals surface area (Å²) < 4.78 is 0. The van der Waals surface area contributed by atoms with Gasteiger partial charge in [0, 0.05) is 0 Å². The van der Waals surface area contributed by atoms with Crippen molar-refractivity contribution < 1.29 is 0 Å². The Balaban J connectivity index is 3.22. The molecule has 0 aromatic heterocycles. The Hall–Kier alpha value is 0. The maximum Gasteiger partial charge on any atom is -0.0184 e. The molecule has 0 bridgehead atoms. The van der Waals surface area contributed by atoms with Crippen LogP contribution in [0.15, 0.2) is 0 Å². The van der Waals surface area contributed by atoms with Crippen LogP contribution in [0, 0.1) is 57.7 Å². The summed E-state index contributed by atoms with van der Waals surface area (Å²) in [6.45, 7) is 32.6. The van der Waals surface area contributed by atoms with Crippen molar-refractivity contribution in [1.29, 1.82) is 0 Å². The van der Waals surface area contributed by atoms with Crippen molar-refractivity contribution in [3.8, 4) is 0 Å². The number of hydrogen-bond donors (Lipinski definition) is 0. The lowest BCUT2D eigenvalue weighted by Gasteiger charge is -2.71. The summed E-state index contributed by atoms with van der Waals surface area (Å²) >= 11 is 0. The topological polar surface area (TPSA) is 0 Å². The minimum atomic E-state index is 0.423. The Morgan fingerprint density at radius 3 is 1.71 bits per heavy atom. The smallest absolute Gasteiger partial charge is 0.0184 e. The largest absolute Gasteiger partial charge is 0.0651 e. The molecule has 0 saturated heterocycles. The van der Waals surface area contributed by atoms with Crippen LogP contribution >= 0.6 is 0 Å². The van der Waals surface area contributed by atoms with E-state index in [1.807, 2.05) is 0 Å². The summed E-state index contributed by atoms with van der Waals surface area (Å²) in [4.78, 5) is 0. The lowest BCUT2D eigenvalue weighted by molar-refractivity contribution is -0.227. The van der Waals surface area contributed by atoms with Gasteiger partial charge in [0.2, 0.25) is 0 Å². The molecule has 0 heteroatoms. The Bertz CT molecular complexity index is 514. The van der Waals surface area contributed by atoms with Crippen LogP contribution in [0.1, 0.15) is 141 Å². The Morgan fingerprint density at radius 2 is 1.29 bits per heavy atom. The molecule has 1 aliphatic rings. The average molecular weight is 435 g/mol. The van der Waals surface area contributed by atoms with Crippen LogP contribution in [0.25, 0.3) is 0 Å². The zero-order chi connectivity index (χ0) is 24.2. The normalized spacial score (nSPS) is 31.1. The summed E-state index contributed by atoms with van der Waals surface area (Å²) in [5.41, 5.74) is 1.42. The third-order valence-corrected chi connectivity index (χ3v) is 11.5. The molecule has 0 N–H and O–H groups in total. The van der Waals surface area contributed by atoms with Crippen LogP contribution in [-0.2, 0) is 0 Å². The van der Waals surface area contributed by atoms with Gasteiger partial charge in [-0.15, -0.1) is 0 Å². The fraction of sp³-hybridized carbons (Fsp3) is 1.00. The molecule has 0 aromatic rings. The molecule has 8 unspecified atom stereocenters. The van der Waals surface area contributed by atoms with Crippen LogP contribution < -0.4 is 0 Å². The van der Waals surface area contributed by atoms with E-state index in [4.69, 9.17) is 0 Å². The third kappa shape index (κ3) is 5.57. The van der Waals surface area contributed by atoms with Crippen molar-refractivity contribution >= 4 is 0 Å². The lowest BCUT2D eigenvalue weighted by Crippen LogP contribution is -2.65. The van der Waals surface area contributed by atoms with Crippen molar-refractivity contribution in [1.82, 2.24) is 0 Å². The maximum atomic E-state index is 2.64. The SMILES string of the molecule is CCC(C)CC1C(CC(C)CC(C)C(C)(C)CC)C(CC)C1(CC)C(C)(C)C(C)CC. The second-order valence-electron chi connectivity index (χ2n) is 13.3. The Labute approximate surface area is 199 Å². The van der Waals surface area contributed by atoms with Crippen LogP contribution in [0.5, 0.6) is 0 Å². The highest BCUT2D eigenvalue weighted by molar-refractivity contribution is 5.13. The molecule has 0 nitrogen and oxygen atoms in total. The summed E-state index contributed by atoms with van der Waals surface area (Å²) in [7, 11) is 0. The zero-order valence-corrected chi connectivity index (χ0v) is 24.2. The van der Waals surface area contributed by atoms with E-state index in [-0.39, 0.29) is 0 Å². The first-order chi connectivity index (χ1) is 14.3. The van der Waals surface area contributed by atoms with Gasteiger partial charge in [-0.1, -0.05) is 116 Å². The zero-order valence-electron chi connectivity index (χ0n) is 24.2. The number of hydrogen-bond acceptors (Lipinski definition) is 0. The molecule has 0 radical (unpaired) electrons. The van der Waals surface area contributed by atoms with Gasteiger partial charge in [0.05, 0.1) is 0 Å². The molecule has 1 aliphatic carbocycles. The summed E-state index contributed by atoms with van der Waals surface area (Å²) in [5, 5.41) is 0.